The fourth-order valence-corrected chi connectivity index (χ4v) is 3.34. The summed E-state index contributed by atoms with van der Waals surface area (Å²) in [7, 11) is 0. The second-order valence-corrected chi connectivity index (χ2v) is 6.88. The van der Waals surface area contributed by atoms with Crippen LogP contribution < -0.4 is 20.3 Å². The first-order chi connectivity index (χ1) is 14.7. The Bertz CT molecular complexity index is 1290. The van der Waals surface area contributed by atoms with Crippen LogP contribution in [0.1, 0.15) is 16.1 Å². The SMILES string of the molecule is O=C(NCc1ccccc1)c1cc2c(=O)[nH]c(-c3ccc4c(c3)OCCO4)cn2n1. The molecule has 30 heavy (non-hydrogen) atoms. The second kappa shape index (κ2) is 7.40. The summed E-state index contributed by atoms with van der Waals surface area (Å²) >= 11 is 0. The number of aromatic amines is 1. The van der Waals surface area contributed by atoms with Crippen LogP contribution >= 0.6 is 0 Å². The lowest BCUT2D eigenvalue weighted by atomic mass is 10.1. The summed E-state index contributed by atoms with van der Waals surface area (Å²) in [5, 5.41) is 7.11. The van der Waals surface area contributed by atoms with Gasteiger partial charge in [-0.25, -0.2) is 4.52 Å². The van der Waals surface area contributed by atoms with Crippen molar-refractivity contribution in [3.8, 4) is 22.8 Å². The standard InChI is InChI=1S/C22H18N4O4/c27-21(23-12-14-4-2-1-3-5-14)16-11-18-22(28)24-17(13-26(18)25-16)15-6-7-19-20(10-15)30-9-8-29-19/h1-7,10-11,13H,8-9,12H2,(H,23,27)(H,24,28). The van der Waals surface area contributed by atoms with Crippen molar-refractivity contribution in [2.24, 2.45) is 0 Å². The Labute approximate surface area is 171 Å². The van der Waals surface area contributed by atoms with Crippen LogP contribution in [0, 0.1) is 0 Å². The van der Waals surface area contributed by atoms with Gasteiger partial charge in [0.15, 0.2) is 17.2 Å². The van der Waals surface area contributed by atoms with E-state index in [2.05, 4.69) is 15.4 Å². The van der Waals surface area contributed by atoms with Crippen LogP contribution in [-0.4, -0.2) is 33.7 Å². The zero-order valence-electron chi connectivity index (χ0n) is 15.9. The highest BCUT2D eigenvalue weighted by Crippen LogP contribution is 2.33. The lowest BCUT2D eigenvalue weighted by Gasteiger charge is -2.18. The van der Waals surface area contributed by atoms with Crippen molar-refractivity contribution in [1.29, 1.82) is 0 Å². The van der Waals surface area contributed by atoms with Crippen molar-refractivity contribution < 1.29 is 14.3 Å². The summed E-state index contributed by atoms with van der Waals surface area (Å²) in [5.41, 5.74) is 2.43. The Balaban J connectivity index is 1.43. The van der Waals surface area contributed by atoms with Gasteiger partial charge in [0.2, 0.25) is 0 Å². The lowest BCUT2D eigenvalue weighted by Crippen LogP contribution is -2.23. The number of hydrogen-bond acceptors (Lipinski definition) is 5. The molecule has 8 heteroatoms. The quantitative estimate of drug-likeness (QED) is 0.546. The molecular formula is C22H18N4O4. The van der Waals surface area contributed by atoms with Gasteiger partial charge in [-0.15, -0.1) is 0 Å². The number of carbonyl (C=O) groups excluding carboxylic acids is 1. The molecule has 0 radical (unpaired) electrons. The van der Waals surface area contributed by atoms with Gasteiger partial charge in [0.25, 0.3) is 11.5 Å². The molecule has 1 aliphatic rings. The van der Waals surface area contributed by atoms with Crippen LogP contribution in [0.5, 0.6) is 11.5 Å². The van der Waals surface area contributed by atoms with Gasteiger partial charge in [-0.1, -0.05) is 30.3 Å². The Hall–Kier alpha value is -4.07. The third-order valence-corrected chi connectivity index (χ3v) is 4.85. The van der Waals surface area contributed by atoms with E-state index in [1.165, 1.54) is 10.6 Å². The molecule has 1 aliphatic heterocycles. The third-order valence-electron chi connectivity index (χ3n) is 4.85. The van der Waals surface area contributed by atoms with Gasteiger partial charge in [0.1, 0.15) is 18.7 Å². The Morgan fingerprint density at radius 1 is 1.07 bits per heavy atom. The highest BCUT2D eigenvalue weighted by Gasteiger charge is 2.16. The number of benzene rings is 2. The molecule has 0 spiro atoms. The van der Waals surface area contributed by atoms with E-state index in [0.717, 1.165) is 11.1 Å². The topological polar surface area (TPSA) is 97.7 Å². The van der Waals surface area contributed by atoms with Gasteiger partial charge in [-0.2, -0.15) is 5.10 Å². The maximum atomic E-state index is 12.6. The molecule has 150 valence electrons. The summed E-state index contributed by atoms with van der Waals surface area (Å²) in [6, 6.07) is 16.5. The molecule has 0 bridgehead atoms. The summed E-state index contributed by atoms with van der Waals surface area (Å²) in [6.07, 6.45) is 1.68. The smallest absolute Gasteiger partial charge is 0.274 e. The molecule has 8 nitrogen and oxygen atoms in total. The molecular weight excluding hydrogens is 384 g/mol. The number of nitrogens with zero attached hydrogens (tertiary/aromatic N) is 2. The highest BCUT2D eigenvalue weighted by atomic mass is 16.6. The molecule has 2 aromatic carbocycles. The second-order valence-electron chi connectivity index (χ2n) is 6.88. The molecule has 3 heterocycles. The maximum absolute atomic E-state index is 12.6. The minimum absolute atomic E-state index is 0.177. The predicted molar refractivity (Wildman–Crippen MR) is 110 cm³/mol. The number of amides is 1. The molecule has 5 rings (SSSR count). The molecule has 0 fully saturated rings. The van der Waals surface area contributed by atoms with Crippen LogP contribution in [0.15, 0.2) is 65.6 Å². The van der Waals surface area contributed by atoms with E-state index in [9.17, 15) is 9.59 Å². The highest BCUT2D eigenvalue weighted by molar-refractivity contribution is 5.93. The maximum Gasteiger partial charge on any atom is 0.274 e. The lowest BCUT2D eigenvalue weighted by molar-refractivity contribution is 0.0945. The molecule has 1 amide bonds. The average Bonchev–Trinajstić information content (AvgIpc) is 3.23. The summed E-state index contributed by atoms with van der Waals surface area (Å²) in [6.45, 7) is 1.37. The molecule has 0 aliphatic carbocycles. The number of rotatable bonds is 4. The summed E-state index contributed by atoms with van der Waals surface area (Å²) < 4.78 is 12.6. The molecule has 2 aromatic heterocycles. The molecule has 0 saturated heterocycles. The number of ether oxygens (including phenoxy) is 2. The van der Waals surface area contributed by atoms with Gasteiger partial charge >= 0.3 is 0 Å². The van der Waals surface area contributed by atoms with E-state index in [-0.39, 0.29) is 17.2 Å². The number of hydrogen-bond donors (Lipinski definition) is 2. The molecule has 2 N–H and O–H groups in total. The van der Waals surface area contributed by atoms with E-state index in [4.69, 9.17) is 9.47 Å². The zero-order chi connectivity index (χ0) is 20.5. The van der Waals surface area contributed by atoms with E-state index in [1.54, 1.807) is 12.3 Å². The Morgan fingerprint density at radius 2 is 1.87 bits per heavy atom. The first-order valence-corrected chi connectivity index (χ1v) is 9.52. The fraction of sp³-hybridized carbons (Fsp3) is 0.136. The minimum Gasteiger partial charge on any atom is -0.486 e. The third kappa shape index (κ3) is 3.39. The van der Waals surface area contributed by atoms with Gasteiger partial charge < -0.3 is 19.8 Å². The van der Waals surface area contributed by atoms with E-state index >= 15 is 0 Å². The van der Waals surface area contributed by atoms with Crippen molar-refractivity contribution in [1.82, 2.24) is 19.9 Å². The number of nitrogens with one attached hydrogen (secondary N) is 2. The summed E-state index contributed by atoms with van der Waals surface area (Å²) in [4.78, 5) is 27.9. The Morgan fingerprint density at radius 3 is 2.70 bits per heavy atom. The molecule has 0 unspecified atom stereocenters. The Kier molecular flexibility index (Phi) is 4.44. The van der Waals surface area contributed by atoms with Crippen molar-refractivity contribution in [2.75, 3.05) is 13.2 Å². The minimum atomic E-state index is -0.345. The largest absolute Gasteiger partial charge is 0.486 e. The average molecular weight is 402 g/mol. The van der Waals surface area contributed by atoms with Crippen LogP contribution in [0.2, 0.25) is 0 Å². The molecule has 0 atom stereocenters. The van der Waals surface area contributed by atoms with Crippen LogP contribution in [0.4, 0.5) is 0 Å². The molecule has 4 aromatic rings. The first-order valence-electron chi connectivity index (χ1n) is 9.52. The van der Waals surface area contributed by atoms with Gasteiger partial charge in [0, 0.05) is 18.2 Å². The van der Waals surface area contributed by atoms with Gasteiger partial charge in [0.05, 0.1) is 11.9 Å². The fourth-order valence-electron chi connectivity index (χ4n) is 3.34. The number of carbonyl (C=O) groups is 1. The van der Waals surface area contributed by atoms with Crippen molar-refractivity contribution >= 4 is 11.4 Å². The normalized spacial score (nSPS) is 12.7. The van der Waals surface area contributed by atoms with Crippen molar-refractivity contribution in [3.05, 3.63) is 82.4 Å². The van der Waals surface area contributed by atoms with E-state index in [1.807, 2.05) is 42.5 Å². The molecule has 0 saturated carbocycles. The van der Waals surface area contributed by atoms with Crippen molar-refractivity contribution in [2.45, 2.75) is 6.54 Å². The number of H-pyrrole nitrogens is 1. The monoisotopic (exact) mass is 402 g/mol. The van der Waals surface area contributed by atoms with Gasteiger partial charge in [-0.05, 0) is 23.8 Å². The first kappa shape index (κ1) is 18.0. The van der Waals surface area contributed by atoms with E-state index in [0.29, 0.717) is 42.5 Å². The van der Waals surface area contributed by atoms with E-state index < -0.39 is 0 Å². The van der Waals surface area contributed by atoms with Crippen LogP contribution in [-0.2, 0) is 6.54 Å². The van der Waals surface area contributed by atoms with Crippen molar-refractivity contribution in [3.63, 3.8) is 0 Å². The van der Waals surface area contributed by atoms with Gasteiger partial charge in [-0.3, -0.25) is 9.59 Å². The predicted octanol–water partition coefficient (Wildman–Crippen LogP) is 2.39. The summed E-state index contributed by atoms with van der Waals surface area (Å²) in [5.74, 6) is 0.953. The number of aromatic nitrogens is 3. The number of fused-ring (bicyclic) bond motifs is 2. The zero-order valence-corrected chi connectivity index (χ0v) is 15.9. The van der Waals surface area contributed by atoms with Crippen LogP contribution in [0.3, 0.4) is 0 Å². The van der Waals surface area contributed by atoms with Crippen LogP contribution in [0.25, 0.3) is 16.8 Å².